The largest absolute Gasteiger partial charge is 0.352 e. The normalized spacial score (nSPS) is 17.5. The van der Waals surface area contributed by atoms with E-state index in [-0.39, 0.29) is 0 Å². The molecule has 1 saturated heterocycles. The number of hydrogen-bond donors (Lipinski definition) is 0. The molecule has 132 valence electrons. The van der Waals surface area contributed by atoms with E-state index < -0.39 is 0 Å². The third kappa shape index (κ3) is 3.12. The van der Waals surface area contributed by atoms with Crippen molar-refractivity contribution in [2.24, 2.45) is 0 Å². The minimum atomic E-state index is 0.678. The van der Waals surface area contributed by atoms with Crippen molar-refractivity contribution in [3.63, 3.8) is 0 Å². The fourth-order valence-corrected chi connectivity index (χ4v) is 4.21. The van der Waals surface area contributed by atoms with E-state index in [0.717, 1.165) is 48.4 Å². The maximum absolute atomic E-state index is 4.42. The Balaban J connectivity index is 1.23. The Morgan fingerprint density at radius 2 is 1.58 bits per heavy atom. The molecule has 0 atom stereocenters. The van der Waals surface area contributed by atoms with Crippen LogP contribution in [0.1, 0.15) is 23.8 Å². The molecule has 4 heterocycles. The molecule has 1 aliphatic heterocycles. The first-order chi connectivity index (χ1) is 12.9. The summed E-state index contributed by atoms with van der Waals surface area (Å²) in [5.74, 6) is 1.61. The van der Waals surface area contributed by atoms with Gasteiger partial charge in [-0.3, -0.25) is 4.98 Å². The fourth-order valence-electron chi connectivity index (χ4n) is 3.15. The smallest absolute Gasteiger partial charge is 0.208 e. The molecule has 7 nitrogen and oxygen atoms in total. The van der Waals surface area contributed by atoms with E-state index in [1.165, 1.54) is 17.8 Å². The van der Waals surface area contributed by atoms with Gasteiger partial charge < -0.3 is 9.80 Å². The molecule has 5 rings (SSSR count). The van der Waals surface area contributed by atoms with E-state index in [1.54, 1.807) is 23.7 Å². The van der Waals surface area contributed by atoms with Gasteiger partial charge in [0.2, 0.25) is 5.13 Å². The SMILES string of the molecule is c1cc(-c2ccc(N3CCN(c4nnc(C5CC5)s4)CC3)nn2)ccn1. The summed E-state index contributed by atoms with van der Waals surface area (Å²) in [6.45, 7) is 3.71. The lowest BCUT2D eigenvalue weighted by atomic mass is 10.2. The molecule has 1 aliphatic carbocycles. The number of piperazine rings is 1. The first-order valence-electron chi connectivity index (χ1n) is 8.94. The molecule has 3 aromatic rings. The molecule has 1 saturated carbocycles. The van der Waals surface area contributed by atoms with Gasteiger partial charge in [0, 0.05) is 50.1 Å². The maximum Gasteiger partial charge on any atom is 0.208 e. The Kier molecular flexibility index (Phi) is 3.97. The van der Waals surface area contributed by atoms with Gasteiger partial charge in [-0.15, -0.1) is 20.4 Å². The zero-order valence-electron chi connectivity index (χ0n) is 14.3. The zero-order chi connectivity index (χ0) is 17.3. The third-order valence-electron chi connectivity index (χ3n) is 4.86. The minimum absolute atomic E-state index is 0.678. The predicted octanol–water partition coefficient (Wildman–Crippen LogP) is 2.59. The van der Waals surface area contributed by atoms with E-state index in [2.05, 4.69) is 41.2 Å². The van der Waals surface area contributed by atoms with Crippen LogP contribution in [0.4, 0.5) is 10.9 Å². The summed E-state index contributed by atoms with van der Waals surface area (Å²) in [6.07, 6.45) is 6.09. The van der Waals surface area contributed by atoms with Gasteiger partial charge >= 0.3 is 0 Å². The summed E-state index contributed by atoms with van der Waals surface area (Å²) in [7, 11) is 0. The summed E-state index contributed by atoms with van der Waals surface area (Å²) in [6, 6.07) is 7.96. The monoisotopic (exact) mass is 365 g/mol. The lowest BCUT2D eigenvalue weighted by molar-refractivity contribution is 0.640. The summed E-state index contributed by atoms with van der Waals surface area (Å²) < 4.78 is 0. The van der Waals surface area contributed by atoms with Crippen molar-refractivity contribution in [1.29, 1.82) is 0 Å². The van der Waals surface area contributed by atoms with Crippen molar-refractivity contribution in [1.82, 2.24) is 25.4 Å². The average molecular weight is 365 g/mol. The highest BCUT2D eigenvalue weighted by Crippen LogP contribution is 2.42. The predicted molar refractivity (Wildman–Crippen MR) is 102 cm³/mol. The van der Waals surface area contributed by atoms with Gasteiger partial charge in [0.15, 0.2) is 5.82 Å². The molecular weight excluding hydrogens is 346 g/mol. The Labute approximate surface area is 155 Å². The van der Waals surface area contributed by atoms with Crippen molar-refractivity contribution >= 4 is 22.3 Å². The van der Waals surface area contributed by atoms with E-state index in [1.807, 2.05) is 18.2 Å². The average Bonchev–Trinajstić information content (AvgIpc) is 3.46. The molecule has 8 heteroatoms. The van der Waals surface area contributed by atoms with Crippen LogP contribution in [0.2, 0.25) is 0 Å². The minimum Gasteiger partial charge on any atom is -0.352 e. The molecule has 0 unspecified atom stereocenters. The second-order valence-electron chi connectivity index (χ2n) is 6.68. The second-order valence-corrected chi connectivity index (χ2v) is 7.67. The van der Waals surface area contributed by atoms with E-state index in [9.17, 15) is 0 Å². The van der Waals surface area contributed by atoms with Crippen molar-refractivity contribution in [3.05, 3.63) is 41.7 Å². The van der Waals surface area contributed by atoms with E-state index in [4.69, 9.17) is 0 Å². The molecule has 0 bridgehead atoms. The standard InChI is InChI=1S/C18H19N7S/c1-2-14(1)17-22-23-18(26-17)25-11-9-24(10-12-25)16-4-3-15(20-21-16)13-5-7-19-8-6-13/h3-8,14H,1-2,9-12H2. The van der Waals surface area contributed by atoms with Crippen molar-refractivity contribution in [2.45, 2.75) is 18.8 Å². The lowest BCUT2D eigenvalue weighted by Crippen LogP contribution is -2.46. The highest BCUT2D eigenvalue weighted by atomic mass is 32.1. The van der Waals surface area contributed by atoms with Crippen LogP contribution in [0, 0.1) is 0 Å². The van der Waals surface area contributed by atoms with Gasteiger partial charge in [0.25, 0.3) is 0 Å². The Hall–Kier alpha value is -2.61. The number of pyridine rings is 1. The van der Waals surface area contributed by atoms with Crippen molar-refractivity contribution < 1.29 is 0 Å². The number of aromatic nitrogens is 5. The van der Waals surface area contributed by atoms with Gasteiger partial charge in [0.1, 0.15) is 5.01 Å². The van der Waals surface area contributed by atoms with Gasteiger partial charge in [-0.05, 0) is 37.1 Å². The van der Waals surface area contributed by atoms with Crippen LogP contribution in [0.5, 0.6) is 0 Å². The topological polar surface area (TPSA) is 70.9 Å². The molecule has 0 amide bonds. The van der Waals surface area contributed by atoms with Gasteiger partial charge in [0.05, 0.1) is 5.69 Å². The third-order valence-corrected chi connectivity index (χ3v) is 6.00. The van der Waals surface area contributed by atoms with E-state index in [0.29, 0.717) is 5.92 Å². The Morgan fingerprint density at radius 1 is 0.808 bits per heavy atom. The Bertz CT molecular complexity index is 868. The summed E-state index contributed by atoms with van der Waals surface area (Å²) in [4.78, 5) is 8.65. The highest BCUT2D eigenvalue weighted by molar-refractivity contribution is 7.15. The summed E-state index contributed by atoms with van der Waals surface area (Å²) in [5, 5.41) is 19.8. The van der Waals surface area contributed by atoms with Gasteiger partial charge in [-0.25, -0.2) is 0 Å². The molecule has 0 radical (unpaired) electrons. The zero-order valence-corrected chi connectivity index (χ0v) is 15.1. The van der Waals surface area contributed by atoms with Gasteiger partial charge in [-0.1, -0.05) is 11.3 Å². The molecular formula is C18H19N7S. The van der Waals surface area contributed by atoms with Crippen LogP contribution in [0.3, 0.4) is 0 Å². The number of hydrogen-bond acceptors (Lipinski definition) is 8. The van der Waals surface area contributed by atoms with Crippen molar-refractivity contribution in [2.75, 3.05) is 36.0 Å². The lowest BCUT2D eigenvalue weighted by Gasteiger charge is -2.34. The molecule has 0 aromatic carbocycles. The molecule has 0 N–H and O–H groups in total. The fraction of sp³-hybridized carbons (Fsp3) is 0.389. The van der Waals surface area contributed by atoms with Crippen LogP contribution in [0.25, 0.3) is 11.3 Å². The van der Waals surface area contributed by atoms with Crippen LogP contribution in [0.15, 0.2) is 36.7 Å². The first-order valence-corrected chi connectivity index (χ1v) is 9.76. The van der Waals surface area contributed by atoms with Crippen LogP contribution < -0.4 is 9.80 Å². The van der Waals surface area contributed by atoms with Crippen LogP contribution >= 0.6 is 11.3 Å². The number of rotatable bonds is 4. The molecule has 0 spiro atoms. The second kappa shape index (κ2) is 6.60. The number of anilines is 2. The quantitative estimate of drug-likeness (QED) is 0.704. The van der Waals surface area contributed by atoms with E-state index >= 15 is 0 Å². The number of nitrogens with zero attached hydrogens (tertiary/aromatic N) is 7. The molecule has 2 fully saturated rings. The van der Waals surface area contributed by atoms with Crippen LogP contribution in [-0.2, 0) is 0 Å². The van der Waals surface area contributed by atoms with Crippen molar-refractivity contribution in [3.8, 4) is 11.3 Å². The first kappa shape index (κ1) is 15.6. The molecule has 26 heavy (non-hydrogen) atoms. The molecule has 2 aliphatic rings. The summed E-state index contributed by atoms with van der Waals surface area (Å²) >= 11 is 1.76. The Morgan fingerprint density at radius 3 is 2.27 bits per heavy atom. The molecule has 3 aromatic heterocycles. The van der Waals surface area contributed by atoms with Gasteiger partial charge in [-0.2, -0.15) is 0 Å². The summed E-state index contributed by atoms with van der Waals surface area (Å²) in [5.41, 5.74) is 1.91. The van der Waals surface area contributed by atoms with Crippen LogP contribution in [-0.4, -0.2) is 51.6 Å². The maximum atomic E-state index is 4.42. The highest BCUT2D eigenvalue weighted by Gasteiger charge is 2.29.